The Hall–Kier alpha value is -1.32. The molecule has 0 amide bonds. The summed E-state index contributed by atoms with van der Waals surface area (Å²) >= 11 is 6.23. The maximum absolute atomic E-state index is 12.6. The fraction of sp³-hybridized carbons (Fsp3) is 0.250. The zero-order valence-electron chi connectivity index (χ0n) is 11.2. The first-order valence-electron chi connectivity index (χ1n) is 6.65. The number of hydrogen-bond acceptors (Lipinski definition) is 2. The van der Waals surface area contributed by atoms with Crippen molar-refractivity contribution in [3.63, 3.8) is 0 Å². The quantitative estimate of drug-likeness (QED) is 0.725. The second-order valence-corrected chi connectivity index (χ2v) is 6.62. The van der Waals surface area contributed by atoms with E-state index in [-0.39, 0.29) is 0 Å². The molecule has 20 heavy (non-hydrogen) atoms. The monoisotopic (exact) mass is 306 g/mol. The fourth-order valence-corrected chi connectivity index (χ4v) is 4.06. The molecule has 0 fully saturated rings. The topological polar surface area (TPSA) is 26.3 Å². The molecule has 0 N–H and O–H groups in total. The van der Waals surface area contributed by atoms with Crippen molar-refractivity contribution in [3.8, 4) is 5.75 Å². The highest BCUT2D eigenvalue weighted by atomic mass is 35.5. The van der Waals surface area contributed by atoms with E-state index < -0.39 is 10.8 Å². The van der Waals surface area contributed by atoms with Gasteiger partial charge in [0.15, 0.2) is 0 Å². The van der Waals surface area contributed by atoms with Gasteiger partial charge in [-0.05, 0) is 42.2 Å². The predicted molar refractivity (Wildman–Crippen MR) is 81.2 cm³/mol. The van der Waals surface area contributed by atoms with Crippen LogP contribution in [0.5, 0.6) is 5.75 Å². The van der Waals surface area contributed by atoms with Crippen LogP contribution in [0.25, 0.3) is 0 Å². The Morgan fingerprint density at radius 3 is 2.80 bits per heavy atom. The summed E-state index contributed by atoms with van der Waals surface area (Å²) in [5, 5.41) is 0.532. The third-order valence-electron chi connectivity index (χ3n) is 3.33. The van der Waals surface area contributed by atoms with Crippen molar-refractivity contribution in [2.75, 3.05) is 6.61 Å². The largest absolute Gasteiger partial charge is 0.492 e. The number of hydrogen-bond donors (Lipinski definition) is 0. The van der Waals surface area contributed by atoms with Gasteiger partial charge in [-0.25, -0.2) is 4.21 Å². The van der Waals surface area contributed by atoms with E-state index in [1.54, 1.807) is 6.07 Å². The van der Waals surface area contributed by atoms with Crippen LogP contribution in [0, 0.1) is 0 Å². The van der Waals surface area contributed by atoms with Crippen molar-refractivity contribution in [2.45, 2.75) is 29.6 Å². The molecular formula is C16H15ClO2S. The molecule has 0 saturated heterocycles. The van der Waals surface area contributed by atoms with Gasteiger partial charge in [0.25, 0.3) is 0 Å². The van der Waals surface area contributed by atoms with Gasteiger partial charge >= 0.3 is 0 Å². The molecule has 1 atom stereocenters. The highest BCUT2D eigenvalue weighted by Gasteiger charge is 2.23. The summed E-state index contributed by atoms with van der Waals surface area (Å²) < 4.78 is 18.2. The Kier molecular flexibility index (Phi) is 3.81. The number of halogens is 1. The van der Waals surface area contributed by atoms with E-state index in [2.05, 4.69) is 6.92 Å². The highest BCUT2D eigenvalue weighted by molar-refractivity contribution is 7.85. The summed E-state index contributed by atoms with van der Waals surface area (Å²) in [7, 11) is -1.15. The fourth-order valence-electron chi connectivity index (χ4n) is 2.36. The van der Waals surface area contributed by atoms with E-state index in [9.17, 15) is 4.21 Å². The van der Waals surface area contributed by atoms with Crippen molar-refractivity contribution in [2.24, 2.45) is 0 Å². The summed E-state index contributed by atoms with van der Waals surface area (Å²) in [6.07, 6.45) is 1.71. The first-order valence-corrected chi connectivity index (χ1v) is 8.18. The second-order valence-electron chi connectivity index (χ2n) is 4.79. The van der Waals surface area contributed by atoms with Gasteiger partial charge in [0.1, 0.15) is 5.75 Å². The van der Waals surface area contributed by atoms with Crippen LogP contribution < -0.4 is 4.74 Å². The summed E-state index contributed by atoms with van der Waals surface area (Å²) in [5.74, 6) is 0.684. The maximum atomic E-state index is 12.6. The molecule has 0 aromatic heterocycles. The van der Waals surface area contributed by atoms with Gasteiger partial charge in [-0.1, -0.05) is 36.7 Å². The van der Waals surface area contributed by atoms with Crippen molar-refractivity contribution in [1.82, 2.24) is 0 Å². The highest BCUT2D eigenvalue weighted by Crippen LogP contribution is 2.37. The molecular weight excluding hydrogens is 292 g/mol. The third kappa shape index (κ3) is 2.36. The minimum absolute atomic E-state index is 0.532. The molecule has 2 nitrogen and oxygen atoms in total. The predicted octanol–water partition coefficient (Wildman–Crippen LogP) is 4.20. The number of rotatable bonds is 3. The Balaban J connectivity index is 2.04. The van der Waals surface area contributed by atoms with E-state index >= 15 is 0 Å². The Morgan fingerprint density at radius 2 is 2.00 bits per heavy atom. The molecule has 4 heteroatoms. The Labute approximate surface area is 126 Å². The molecule has 0 saturated carbocycles. The first kappa shape index (κ1) is 13.7. The molecule has 1 aliphatic rings. The lowest BCUT2D eigenvalue weighted by atomic mass is 10.0. The lowest BCUT2D eigenvalue weighted by Crippen LogP contribution is -2.10. The Bertz CT molecular complexity index is 682. The molecule has 0 radical (unpaired) electrons. The molecule has 2 aromatic carbocycles. The summed E-state index contributed by atoms with van der Waals surface area (Å²) in [6, 6.07) is 11.6. The van der Waals surface area contributed by atoms with Crippen molar-refractivity contribution >= 4 is 22.4 Å². The van der Waals surface area contributed by atoms with Gasteiger partial charge in [0.05, 0.1) is 22.4 Å². The van der Waals surface area contributed by atoms with E-state index in [0.717, 1.165) is 33.8 Å². The van der Waals surface area contributed by atoms with Crippen LogP contribution in [0.4, 0.5) is 0 Å². The SMILES string of the molecule is CCCOc1cc2c(cc1Cl)S(=O)c1ccccc1C2. The van der Waals surface area contributed by atoms with Crippen LogP contribution in [-0.4, -0.2) is 10.8 Å². The molecule has 0 spiro atoms. The van der Waals surface area contributed by atoms with Crippen LogP contribution in [0.15, 0.2) is 46.2 Å². The zero-order chi connectivity index (χ0) is 14.1. The molecule has 1 heterocycles. The minimum atomic E-state index is -1.15. The van der Waals surface area contributed by atoms with Gasteiger partial charge in [-0.3, -0.25) is 0 Å². The first-order chi connectivity index (χ1) is 9.70. The van der Waals surface area contributed by atoms with Gasteiger partial charge in [-0.15, -0.1) is 0 Å². The molecule has 2 aromatic rings. The molecule has 0 aliphatic carbocycles. The second kappa shape index (κ2) is 5.58. The molecule has 1 unspecified atom stereocenters. The van der Waals surface area contributed by atoms with Crippen LogP contribution in [-0.2, 0) is 17.2 Å². The van der Waals surface area contributed by atoms with E-state index in [1.807, 2.05) is 30.3 Å². The average Bonchev–Trinajstić information content (AvgIpc) is 2.46. The van der Waals surface area contributed by atoms with E-state index in [4.69, 9.17) is 16.3 Å². The lowest BCUT2D eigenvalue weighted by molar-refractivity contribution is 0.317. The summed E-state index contributed by atoms with van der Waals surface area (Å²) in [5.41, 5.74) is 2.15. The lowest BCUT2D eigenvalue weighted by Gasteiger charge is -2.20. The zero-order valence-corrected chi connectivity index (χ0v) is 12.8. The van der Waals surface area contributed by atoms with Crippen molar-refractivity contribution in [1.29, 1.82) is 0 Å². The van der Waals surface area contributed by atoms with Crippen molar-refractivity contribution < 1.29 is 8.95 Å². The van der Waals surface area contributed by atoms with Crippen LogP contribution in [0.3, 0.4) is 0 Å². The smallest absolute Gasteiger partial charge is 0.138 e. The summed E-state index contributed by atoms with van der Waals surface area (Å²) in [6.45, 7) is 2.69. The van der Waals surface area contributed by atoms with Gasteiger partial charge < -0.3 is 4.74 Å². The number of benzene rings is 2. The minimum Gasteiger partial charge on any atom is -0.492 e. The van der Waals surface area contributed by atoms with Gasteiger partial charge in [-0.2, -0.15) is 0 Å². The van der Waals surface area contributed by atoms with Gasteiger partial charge in [0.2, 0.25) is 0 Å². The van der Waals surface area contributed by atoms with E-state index in [0.29, 0.717) is 17.4 Å². The molecule has 1 aliphatic heterocycles. The average molecular weight is 307 g/mol. The van der Waals surface area contributed by atoms with Crippen molar-refractivity contribution in [3.05, 3.63) is 52.5 Å². The summed E-state index contributed by atoms with van der Waals surface area (Å²) in [4.78, 5) is 1.69. The van der Waals surface area contributed by atoms with Crippen LogP contribution in [0.1, 0.15) is 24.5 Å². The third-order valence-corrected chi connectivity index (χ3v) is 5.20. The van der Waals surface area contributed by atoms with Gasteiger partial charge in [0, 0.05) is 9.79 Å². The number of ether oxygens (including phenoxy) is 1. The van der Waals surface area contributed by atoms with Crippen LogP contribution >= 0.6 is 11.6 Å². The van der Waals surface area contributed by atoms with Crippen LogP contribution in [0.2, 0.25) is 5.02 Å². The number of fused-ring (bicyclic) bond motifs is 2. The Morgan fingerprint density at radius 1 is 1.20 bits per heavy atom. The maximum Gasteiger partial charge on any atom is 0.138 e. The van der Waals surface area contributed by atoms with E-state index in [1.165, 1.54) is 0 Å². The standard InChI is InChI=1S/C16H15ClO2S/c1-2-7-19-14-9-12-8-11-5-3-4-6-15(11)20(18)16(12)10-13(14)17/h3-6,9-10H,2,7-8H2,1H3. The normalized spacial score (nSPS) is 16.4. The molecule has 104 valence electrons. The molecule has 0 bridgehead atoms. The molecule has 3 rings (SSSR count).